The molecule has 0 spiro atoms. The molecule has 0 aliphatic carbocycles. The van der Waals surface area contributed by atoms with Crippen molar-refractivity contribution >= 4 is 29.5 Å². The van der Waals surface area contributed by atoms with Crippen LogP contribution in [0.1, 0.15) is 19.1 Å². The lowest BCUT2D eigenvalue weighted by atomic mass is 10.3. The van der Waals surface area contributed by atoms with E-state index in [-0.39, 0.29) is 36.9 Å². The molecule has 5 N–H and O–H groups in total. The quantitative estimate of drug-likeness (QED) is 0.537. The van der Waals surface area contributed by atoms with Crippen molar-refractivity contribution in [2.75, 3.05) is 18.1 Å². The smallest absolute Gasteiger partial charge is 0.351 e. The third-order valence-electron chi connectivity index (χ3n) is 2.60. The number of thioether (sulfide) groups is 1. The molecule has 0 radical (unpaired) electrons. The van der Waals surface area contributed by atoms with E-state index in [2.05, 4.69) is 4.98 Å². The second kappa shape index (κ2) is 9.12. The van der Waals surface area contributed by atoms with E-state index in [4.69, 9.17) is 25.8 Å². The first-order chi connectivity index (χ1) is 10.8. The van der Waals surface area contributed by atoms with Gasteiger partial charge in [-0.25, -0.2) is 4.79 Å². The second-order valence-corrected chi connectivity index (χ2v) is 5.56. The summed E-state index contributed by atoms with van der Waals surface area (Å²) in [7, 11) is 0. The number of hydrogen-bond donors (Lipinski definition) is 4. The number of anilines is 1. The highest BCUT2D eigenvalue weighted by Crippen LogP contribution is 2.30. The number of aliphatic carboxylic acids is 2. The molecule has 0 unspecified atom stereocenters. The van der Waals surface area contributed by atoms with Crippen LogP contribution in [0.3, 0.4) is 0 Å². The molecule has 1 aliphatic rings. The monoisotopic (exact) mass is 347 g/mol. The standard InChI is InChI=1S/C8H11N3O3S.C4H6O4/c9-5-1-2-11(8(13)10-5)6-4-15-7(3-12)14-6;5-3(6)1-2-4(7)8/h1-2,6-7,12H,3-4H2,(H2,9,10,13);1-2H2,(H,5,6)(H,7,8)/t6-,7+;/m1./s1. The van der Waals surface area contributed by atoms with Crippen molar-refractivity contribution in [3.63, 3.8) is 0 Å². The maximum atomic E-state index is 11.4. The van der Waals surface area contributed by atoms with Crippen molar-refractivity contribution in [2.24, 2.45) is 0 Å². The van der Waals surface area contributed by atoms with Crippen LogP contribution >= 0.6 is 11.8 Å². The van der Waals surface area contributed by atoms with Crippen LogP contribution in [0.5, 0.6) is 0 Å². The van der Waals surface area contributed by atoms with Crippen LogP contribution in [0.25, 0.3) is 0 Å². The molecule has 0 saturated carbocycles. The lowest BCUT2D eigenvalue weighted by Gasteiger charge is -2.13. The lowest BCUT2D eigenvalue weighted by Crippen LogP contribution is -2.28. The van der Waals surface area contributed by atoms with E-state index in [0.717, 1.165) is 0 Å². The number of ether oxygens (including phenoxy) is 1. The number of hydrogen-bond acceptors (Lipinski definition) is 8. The molecule has 0 amide bonds. The first-order valence-corrected chi connectivity index (χ1v) is 7.54. The number of aliphatic hydroxyl groups is 1. The Kier molecular flexibility index (Phi) is 7.51. The molecule has 1 aliphatic heterocycles. The molecular weight excluding hydrogens is 330 g/mol. The molecule has 23 heavy (non-hydrogen) atoms. The minimum Gasteiger partial charge on any atom is -0.481 e. The summed E-state index contributed by atoms with van der Waals surface area (Å²) >= 11 is 1.47. The predicted octanol–water partition coefficient (Wildman–Crippen LogP) is -0.658. The van der Waals surface area contributed by atoms with Gasteiger partial charge in [-0.2, -0.15) is 4.98 Å². The normalized spacial score (nSPS) is 19.7. The minimum absolute atomic E-state index is 0.0572. The Morgan fingerprint density at radius 2 is 2.00 bits per heavy atom. The van der Waals surface area contributed by atoms with Crippen molar-refractivity contribution in [1.29, 1.82) is 0 Å². The fourth-order valence-corrected chi connectivity index (χ4v) is 2.47. The fraction of sp³-hybridized carbons (Fsp3) is 0.500. The van der Waals surface area contributed by atoms with Crippen LogP contribution in [0.4, 0.5) is 5.82 Å². The van der Waals surface area contributed by atoms with Crippen molar-refractivity contribution in [3.05, 3.63) is 22.7 Å². The molecule has 0 aromatic carbocycles. The van der Waals surface area contributed by atoms with Crippen LogP contribution in [0.15, 0.2) is 17.1 Å². The van der Waals surface area contributed by atoms with E-state index in [9.17, 15) is 14.4 Å². The van der Waals surface area contributed by atoms with Gasteiger partial charge in [0.1, 0.15) is 17.5 Å². The predicted molar refractivity (Wildman–Crippen MR) is 80.9 cm³/mol. The number of carboxylic acids is 2. The highest BCUT2D eigenvalue weighted by molar-refractivity contribution is 8.00. The summed E-state index contributed by atoms with van der Waals surface area (Å²) in [5.41, 5.74) is 4.67. The largest absolute Gasteiger partial charge is 0.481 e. The van der Waals surface area contributed by atoms with Gasteiger partial charge in [0.15, 0.2) is 0 Å². The topological polar surface area (TPSA) is 165 Å². The van der Waals surface area contributed by atoms with Gasteiger partial charge in [-0.3, -0.25) is 14.2 Å². The number of rotatable bonds is 5. The molecule has 11 heteroatoms. The van der Waals surface area contributed by atoms with E-state index < -0.39 is 17.6 Å². The van der Waals surface area contributed by atoms with Crippen LogP contribution in [0, 0.1) is 0 Å². The molecule has 2 atom stereocenters. The van der Waals surface area contributed by atoms with Crippen molar-refractivity contribution in [2.45, 2.75) is 24.5 Å². The van der Waals surface area contributed by atoms with Crippen LogP contribution in [-0.4, -0.2) is 54.6 Å². The van der Waals surface area contributed by atoms with Gasteiger partial charge in [-0.1, -0.05) is 0 Å². The van der Waals surface area contributed by atoms with E-state index in [0.29, 0.717) is 5.75 Å². The Morgan fingerprint density at radius 1 is 1.39 bits per heavy atom. The van der Waals surface area contributed by atoms with Gasteiger partial charge >= 0.3 is 17.6 Å². The van der Waals surface area contributed by atoms with Crippen LogP contribution in [0.2, 0.25) is 0 Å². The van der Waals surface area contributed by atoms with Gasteiger partial charge in [0, 0.05) is 11.9 Å². The number of carboxylic acid groups (broad SMARTS) is 2. The summed E-state index contributed by atoms with van der Waals surface area (Å²) in [4.78, 5) is 34.3. The molecule has 1 saturated heterocycles. The SMILES string of the molecule is Nc1ccn([C@H]2CS[C@@H](CO)O2)c(=O)n1.O=C(O)CCC(=O)O. The molecular formula is C12H17N3O7S. The summed E-state index contributed by atoms with van der Waals surface area (Å²) in [6, 6.07) is 1.54. The van der Waals surface area contributed by atoms with Gasteiger partial charge < -0.3 is 25.8 Å². The average molecular weight is 347 g/mol. The number of nitrogens with two attached hydrogens (primary N) is 1. The Morgan fingerprint density at radius 3 is 2.43 bits per heavy atom. The first kappa shape index (κ1) is 18.9. The van der Waals surface area contributed by atoms with Gasteiger partial charge in [0.2, 0.25) is 0 Å². The van der Waals surface area contributed by atoms with Gasteiger partial charge in [-0.15, -0.1) is 11.8 Å². The highest BCUT2D eigenvalue weighted by Gasteiger charge is 2.27. The molecule has 1 aromatic rings. The number of nitrogens with zero attached hydrogens (tertiary/aromatic N) is 2. The molecule has 1 fully saturated rings. The third kappa shape index (κ3) is 6.67. The van der Waals surface area contributed by atoms with Crippen LogP contribution in [-0.2, 0) is 14.3 Å². The maximum absolute atomic E-state index is 11.4. The summed E-state index contributed by atoms with van der Waals surface area (Å²) in [5, 5.41) is 24.7. The van der Waals surface area contributed by atoms with Gasteiger partial charge in [0.05, 0.1) is 19.4 Å². The van der Waals surface area contributed by atoms with E-state index in [1.807, 2.05) is 0 Å². The summed E-state index contributed by atoms with van der Waals surface area (Å²) < 4.78 is 6.79. The number of carbonyl (C=O) groups is 2. The zero-order valence-electron chi connectivity index (χ0n) is 12.0. The Hall–Kier alpha value is -2.11. The Bertz CT molecular complexity index is 593. The molecule has 2 heterocycles. The maximum Gasteiger partial charge on any atom is 0.351 e. The highest BCUT2D eigenvalue weighted by atomic mass is 32.2. The minimum atomic E-state index is -1.08. The number of aromatic nitrogens is 2. The zero-order chi connectivity index (χ0) is 17.4. The Balaban J connectivity index is 0.000000284. The average Bonchev–Trinajstić information content (AvgIpc) is 2.94. The Labute approximate surface area is 134 Å². The molecule has 0 bridgehead atoms. The lowest BCUT2D eigenvalue weighted by molar-refractivity contribution is -0.143. The summed E-state index contributed by atoms with van der Waals surface area (Å²) in [6.07, 6.45) is 0.591. The fourth-order valence-electron chi connectivity index (χ4n) is 1.54. The number of nitrogen functional groups attached to an aromatic ring is 1. The molecule has 10 nitrogen and oxygen atoms in total. The number of aliphatic hydroxyl groups excluding tert-OH is 1. The van der Waals surface area contributed by atoms with E-state index in [1.165, 1.54) is 16.3 Å². The third-order valence-corrected chi connectivity index (χ3v) is 3.71. The zero-order valence-corrected chi connectivity index (χ0v) is 12.8. The van der Waals surface area contributed by atoms with Crippen molar-refractivity contribution < 1.29 is 29.6 Å². The van der Waals surface area contributed by atoms with Crippen molar-refractivity contribution in [1.82, 2.24) is 9.55 Å². The summed E-state index contributed by atoms with van der Waals surface area (Å²) in [6.45, 7) is -0.0572. The van der Waals surface area contributed by atoms with Gasteiger partial charge in [-0.05, 0) is 6.07 Å². The molecule has 2 rings (SSSR count). The molecule has 128 valence electrons. The van der Waals surface area contributed by atoms with Crippen LogP contribution < -0.4 is 11.4 Å². The van der Waals surface area contributed by atoms with E-state index >= 15 is 0 Å². The van der Waals surface area contributed by atoms with Gasteiger partial charge in [0.25, 0.3) is 0 Å². The van der Waals surface area contributed by atoms with Crippen molar-refractivity contribution in [3.8, 4) is 0 Å². The molecule has 1 aromatic heterocycles. The first-order valence-electron chi connectivity index (χ1n) is 6.49. The second-order valence-electron chi connectivity index (χ2n) is 4.37. The van der Waals surface area contributed by atoms with E-state index in [1.54, 1.807) is 12.3 Å². The summed E-state index contributed by atoms with van der Waals surface area (Å²) in [5.74, 6) is -1.34.